The molecule has 13 heteroatoms. The van der Waals surface area contributed by atoms with E-state index in [4.69, 9.17) is 23.8 Å². The number of oxime groups is 1. The largest absolute Gasteiger partial charge is 0.459 e. The SMILES string of the molecule is C=CCOC12Oc3ccc(Oc4cccc([N+](=O)[O-])c4)cc3C3C(CCCCO)C(CCCCO)C=C(C(=NOCC)CC1N(C)C(=O)OCc1ccccc1)C32. The molecule has 6 atom stereocenters. The third-order valence-corrected chi connectivity index (χ3v) is 11.2. The number of ether oxygens (including phenoxy) is 4. The zero-order valence-electron chi connectivity index (χ0n) is 32.7. The number of aliphatic hydroxyl groups is 2. The standard InChI is InChI=1S/C44H53N3O10/c1-4-24-54-44-40(46(3)43(50)53-29-30-14-7-6-8-15-30)28-38(45-55-5-2)36-25-31(16-9-11-22-48)35(19-10-12-23-49)41(42(36)44)37-27-34(20-21-39(37)57-44)56-33-18-13-17-32(26-33)47(51)52/h4,6-8,13-15,17-18,20-21,25-27,31,35,40-42,48-49H,1,5,9-12,16,19,22-24,28-29H2,2-3H3. The van der Waals surface area contributed by atoms with Crippen molar-refractivity contribution in [1.29, 1.82) is 0 Å². The number of aliphatic hydroxyl groups excluding tert-OH is 2. The van der Waals surface area contributed by atoms with E-state index in [1.807, 2.05) is 49.4 Å². The molecule has 1 saturated carbocycles. The van der Waals surface area contributed by atoms with Crippen molar-refractivity contribution in [1.82, 2.24) is 4.90 Å². The summed E-state index contributed by atoms with van der Waals surface area (Å²) in [6.45, 7) is 6.51. The maximum Gasteiger partial charge on any atom is 0.410 e. The summed E-state index contributed by atoms with van der Waals surface area (Å²) in [5.74, 6) is -0.817. The topological polar surface area (TPSA) is 162 Å². The molecule has 13 nitrogen and oxygen atoms in total. The highest BCUT2D eigenvalue weighted by Gasteiger charge is 2.65. The molecule has 1 amide bonds. The first-order chi connectivity index (χ1) is 27.7. The molecule has 0 radical (unpaired) electrons. The van der Waals surface area contributed by atoms with Gasteiger partial charge >= 0.3 is 6.09 Å². The van der Waals surface area contributed by atoms with Crippen LogP contribution in [0.2, 0.25) is 0 Å². The Balaban J connectivity index is 1.52. The Bertz CT molecular complexity index is 1920. The summed E-state index contributed by atoms with van der Waals surface area (Å²) in [6, 6.07) is 20.3. The van der Waals surface area contributed by atoms with Crippen molar-refractivity contribution in [2.45, 2.75) is 76.2 Å². The number of nitro groups is 1. The lowest BCUT2D eigenvalue weighted by Crippen LogP contribution is -2.69. The van der Waals surface area contributed by atoms with Crippen molar-refractivity contribution in [3.63, 3.8) is 0 Å². The number of allylic oxidation sites excluding steroid dienone is 1. The van der Waals surface area contributed by atoms with Gasteiger partial charge in [0, 0.05) is 44.2 Å². The minimum Gasteiger partial charge on any atom is -0.459 e. The second-order valence-corrected chi connectivity index (χ2v) is 14.7. The minimum atomic E-state index is -1.43. The van der Waals surface area contributed by atoms with Gasteiger partial charge in [-0.2, -0.15) is 0 Å². The number of likely N-dealkylation sites (N-methyl/N-ethyl adjacent to an activating group) is 1. The van der Waals surface area contributed by atoms with E-state index in [9.17, 15) is 25.1 Å². The van der Waals surface area contributed by atoms with E-state index in [2.05, 4.69) is 17.8 Å². The molecule has 3 aliphatic rings. The highest BCUT2D eigenvalue weighted by atomic mass is 16.7. The molecule has 57 heavy (non-hydrogen) atoms. The lowest BCUT2D eigenvalue weighted by atomic mass is 9.55. The van der Waals surface area contributed by atoms with E-state index >= 15 is 0 Å². The van der Waals surface area contributed by atoms with Gasteiger partial charge < -0.3 is 38.9 Å². The molecule has 3 aromatic carbocycles. The molecule has 2 N–H and O–H groups in total. The molecule has 0 saturated heterocycles. The molecule has 6 rings (SSSR count). The van der Waals surface area contributed by atoms with Crippen molar-refractivity contribution in [2.75, 3.05) is 33.5 Å². The highest BCUT2D eigenvalue weighted by Crippen LogP contribution is 2.62. The Morgan fingerprint density at radius 3 is 2.51 bits per heavy atom. The van der Waals surface area contributed by atoms with E-state index < -0.39 is 28.8 Å². The first-order valence-corrected chi connectivity index (χ1v) is 19.8. The van der Waals surface area contributed by atoms with Crippen LogP contribution in [-0.4, -0.2) is 77.1 Å². The van der Waals surface area contributed by atoms with Gasteiger partial charge in [0.05, 0.1) is 29.2 Å². The van der Waals surface area contributed by atoms with Crippen molar-refractivity contribution in [2.24, 2.45) is 22.9 Å². The normalized spacial score (nSPS) is 24.0. The Labute approximate surface area is 333 Å². The molecule has 1 aliphatic heterocycles. The number of nitro benzene ring substituents is 1. The smallest absolute Gasteiger partial charge is 0.410 e. The molecule has 0 spiro atoms. The molecule has 2 aliphatic carbocycles. The van der Waals surface area contributed by atoms with Gasteiger partial charge in [-0.05, 0) is 79.8 Å². The van der Waals surface area contributed by atoms with Crippen LogP contribution in [0, 0.1) is 27.9 Å². The fourth-order valence-corrected chi connectivity index (χ4v) is 8.68. The fourth-order valence-electron chi connectivity index (χ4n) is 8.68. The van der Waals surface area contributed by atoms with E-state index in [0.29, 0.717) is 42.4 Å². The molecular weight excluding hydrogens is 730 g/mol. The van der Waals surface area contributed by atoms with Crippen molar-refractivity contribution < 1.29 is 43.7 Å². The highest BCUT2D eigenvalue weighted by molar-refractivity contribution is 6.02. The zero-order valence-corrected chi connectivity index (χ0v) is 32.7. The maximum atomic E-state index is 14.0. The summed E-state index contributed by atoms with van der Waals surface area (Å²) in [6.07, 6.45) is 8.02. The second kappa shape index (κ2) is 19.3. The molecular formula is C44H53N3O10. The predicted octanol–water partition coefficient (Wildman–Crippen LogP) is 8.31. The molecule has 1 heterocycles. The number of rotatable bonds is 19. The third kappa shape index (κ3) is 9.16. The summed E-state index contributed by atoms with van der Waals surface area (Å²) in [5, 5.41) is 35.9. The average molecular weight is 784 g/mol. The van der Waals surface area contributed by atoms with Crippen LogP contribution in [0.4, 0.5) is 10.5 Å². The first kappa shape index (κ1) is 41.4. The second-order valence-electron chi connectivity index (χ2n) is 14.7. The van der Waals surface area contributed by atoms with Crippen LogP contribution in [-0.2, 0) is 20.9 Å². The maximum absolute atomic E-state index is 14.0. The molecule has 0 aromatic heterocycles. The van der Waals surface area contributed by atoms with Gasteiger partial charge in [0.2, 0.25) is 5.79 Å². The van der Waals surface area contributed by atoms with Crippen molar-refractivity contribution in [3.05, 3.63) is 118 Å². The Morgan fingerprint density at radius 2 is 1.79 bits per heavy atom. The van der Waals surface area contributed by atoms with Gasteiger partial charge in [0.15, 0.2) is 0 Å². The van der Waals surface area contributed by atoms with Gasteiger partial charge in [-0.25, -0.2) is 4.79 Å². The van der Waals surface area contributed by atoms with Crippen LogP contribution < -0.4 is 9.47 Å². The lowest BCUT2D eigenvalue weighted by molar-refractivity contribution is -0.384. The van der Waals surface area contributed by atoms with Crippen LogP contribution in [0.15, 0.2) is 102 Å². The predicted molar refractivity (Wildman–Crippen MR) is 214 cm³/mol. The van der Waals surface area contributed by atoms with Crippen LogP contribution in [0.3, 0.4) is 0 Å². The van der Waals surface area contributed by atoms with E-state index in [-0.39, 0.29) is 56.3 Å². The van der Waals surface area contributed by atoms with Crippen molar-refractivity contribution >= 4 is 17.5 Å². The summed E-state index contributed by atoms with van der Waals surface area (Å²) in [4.78, 5) is 32.4. The number of nitrogens with zero attached hydrogens (tertiary/aromatic N) is 3. The number of benzene rings is 3. The molecule has 0 bridgehead atoms. The number of fused-ring (bicyclic) bond motifs is 2. The van der Waals surface area contributed by atoms with Gasteiger partial charge in [-0.3, -0.25) is 10.1 Å². The van der Waals surface area contributed by atoms with E-state index in [1.165, 1.54) is 12.1 Å². The molecule has 3 aromatic rings. The van der Waals surface area contributed by atoms with Crippen LogP contribution >= 0.6 is 0 Å². The van der Waals surface area contributed by atoms with Gasteiger partial charge in [-0.1, -0.05) is 66.5 Å². The average Bonchev–Trinajstić information content (AvgIpc) is 3.22. The molecule has 6 unspecified atom stereocenters. The summed E-state index contributed by atoms with van der Waals surface area (Å²) >= 11 is 0. The summed E-state index contributed by atoms with van der Waals surface area (Å²) in [5.41, 5.74) is 3.20. The summed E-state index contributed by atoms with van der Waals surface area (Å²) < 4.78 is 26.2. The van der Waals surface area contributed by atoms with Crippen LogP contribution in [0.1, 0.15) is 68.9 Å². The first-order valence-electron chi connectivity index (χ1n) is 19.8. The number of hydrogen-bond acceptors (Lipinski definition) is 11. The third-order valence-electron chi connectivity index (χ3n) is 11.2. The number of hydrogen-bond donors (Lipinski definition) is 2. The number of unbranched alkanes of at least 4 members (excludes halogenated alkanes) is 2. The molecule has 1 fully saturated rings. The van der Waals surface area contributed by atoms with Crippen LogP contribution in [0.25, 0.3) is 0 Å². The molecule has 304 valence electrons. The van der Waals surface area contributed by atoms with Crippen LogP contribution in [0.5, 0.6) is 17.2 Å². The monoisotopic (exact) mass is 783 g/mol. The van der Waals surface area contributed by atoms with E-state index in [0.717, 1.165) is 42.4 Å². The number of amides is 1. The number of non-ortho nitro benzene ring substituents is 1. The van der Waals surface area contributed by atoms with Gasteiger partial charge in [0.1, 0.15) is 36.5 Å². The Morgan fingerprint density at radius 1 is 1.04 bits per heavy atom. The Kier molecular flexibility index (Phi) is 14.0. The zero-order chi connectivity index (χ0) is 40.4. The van der Waals surface area contributed by atoms with Gasteiger partial charge in [0.25, 0.3) is 5.69 Å². The van der Waals surface area contributed by atoms with Crippen molar-refractivity contribution in [3.8, 4) is 17.2 Å². The quantitative estimate of drug-likeness (QED) is 0.0523. The van der Waals surface area contributed by atoms with Gasteiger partial charge in [-0.15, -0.1) is 6.58 Å². The summed E-state index contributed by atoms with van der Waals surface area (Å²) in [7, 11) is 1.69. The Hall–Kier alpha value is -5.24. The lowest BCUT2D eigenvalue weighted by Gasteiger charge is -2.59. The fraction of sp³-hybridized carbons (Fsp3) is 0.455. The number of carbonyl (C=O) groups is 1. The minimum absolute atomic E-state index is 0.00819. The number of carbonyl (C=O) groups excluding carboxylic acids is 1. The van der Waals surface area contributed by atoms with E-state index in [1.54, 1.807) is 36.2 Å².